The van der Waals surface area contributed by atoms with Gasteiger partial charge in [0, 0.05) is 34.1 Å². The lowest BCUT2D eigenvalue weighted by Crippen LogP contribution is -2.31. The van der Waals surface area contributed by atoms with Gasteiger partial charge < -0.3 is 9.88 Å². The normalized spacial score (nSPS) is 12.0. The lowest BCUT2D eigenvalue weighted by Gasteiger charge is -2.20. The summed E-state index contributed by atoms with van der Waals surface area (Å²) in [5, 5.41) is 2.90. The van der Waals surface area contributed by atoms with Gasteiger partial charge in [-0.15, -0.1) is 0 Å². The molecule has 1 atom stereocenters. The Hall–Kier alpha value is -2.22. The molecule has 1 aromatic heterocycles. The topological polar surface area (TPSA) is 46.9 Å². The van der Waals surface area contributed by atoms with Gasteiger partial charge in [0.05, 0.1) is 0 Å². The van der Waals surface area contributed by atoms with Crippen molar-refractivity contribution in [1.82, 2.24) is 14.9 Å². The van der Waals surface area contributed by atoms with Crippen LogP contribution < -0.4 is 5.32 Å². The molecule has 1 N–H and O–H groups in total. The van der Waals surface area contributed by atoms with Crippen LogP contribution in [0, 0.1) is 9.39 Å². The highest BCUT2D eigenvalue weighted by Gasteiger charge is 2.24. The predicted octanol–water partition coefficient (Wildman–Crippen LogP) is 3.68. The first-order valence-corrected chi connectivity index (χ1v) is 8.42. The smallest absolute Gasteiger partial charge is 0.252 e. The molecule has 3 rings (SSSR count). The molecule has 0 aliphatic carbocycles. The van der Waals surface area contributed by atoms with Gasteiger partial charge in [0.2, 0.25) is 0 Å². The molecule has 4 nitrogen and oxygen atoms in total. The number of carbonyl (C=O) groups excluding carboxylic acids is 1. The summed E-state index contributed by atoms with van der Waals surface area (Å²) < 4.78 is 17.0. The maximum absolute atomic E-state index is 14.3. The van der Waals surface area contributed by atoms with Crippen LogP contribution in [0.25, 0.3) is 0 Å². The van der Waals surface area contributed by atoms with E-state index in [-0.39, 0.29) is 11.7 Å². The predicted molar refractivity (Wildman–Crippen MR) is 98.1 cm³/mol. The average Bonchev–Trinajstić information content (AvgIpc) is 2.99. The second kappa shape index (κ2) is 7.12. The molecule has 2 aromatic carbocycles. The number of aryl methyl sites for hydroxylation is 1. The van der Waals surface area contributed by atoms with Crippen molar-refractivity contribution in [2.75, 3.05) is 0 Å². The van der Waals surface area contributed by atoms with Gasteiger partial charge >= 0.3 is 0 Å². The van der Waals surface area contributed by atoms with Crippen molar-refractivity contribution in [2.24, 2.45) is 7.05 Å². The molecule has 0 spiro atoms. The zero-order valence-corrected chi connectivity index (χ0v) is 15.1. The molecule has 0 aliphatic rings. The Kier molecular flexibility index (Phi) is 4.94. The summed E-state index contributed by atoms with van der Waals surface area (Å²) in [4.78, 5) is 16.9. The molecule has 1 amide bonds. The average molecular weight is 435 g/mol. The minimum absolute atomic E-state index is 0.273. The van der Waals surface area contributed by atoms with Crippen LogP contribution in [0.5, 0.6) is 0 Å². The van der Waals surface area contributed by atoms with Crippen molar-refractivity contribution in [3.63, 3.8) is 0 Å². The molecule has 3 aromatic rings. The van der Waals surface area contributed by atoms with E-state index < -0.39 is 6.04 Å². The van der Waals surface area contributed by atoms with Crippen LogP contribution in [0.15, 0.2) is 60.9 Å². The summed E-state index contributed by atoms with van der Waals surface area (Å²) in [6, 6.07) is 13.0. The second-order valence-electron chi connectivity index (χ2n) is 5.33. The van der Waals surface area contributed by atoms with Crippen LogP contribution in [0.4, 0.5) is 4.39 Å². The van der Waals surface area contributed by atoms with Crippen LogP contribution in [0.3, 0.4) is 0 Å². The standard InChI is InChI=1S/C18H15FIN3O/c1-23-10-9-21-17(23)16(14-7-2-3-8-15(14)19)22-18(24)12-5-4-6-13(20)11-12/h2-11,16H,1H3,(H,22,24). The zero-order valence-electron chi connectivity index (χ0n) is 12.9. The van der Waals surface area contributed by atoms with Crippen molar-refractivity contribution in [2.45, 2.75) is 6.04 Å². The molecule has 1 unspecified atom stereocenters. The number of benzene rings is 2. The minimum atomic E-state index is -0.670. The number of rotatable bonds is 4. The van der Waals surface area contributed by atoms with Crippen LogP contribution in [0.2, 0.25) is 0 Å². The van der Waals surface area contributed by atoms with Crippen LogP contribution in [0.1, 0.15) is 27.8 Å². The summed E-state index contributed by atoms with van der Waals surface area (Å²) >= 11 is 2.15. The quantitative estimate of drug-likeness (QED) is 0.636. The lowest BCUT2D eigenvalue weighted by atomic mass is 10.0. The molecule has 0 radical (unpaired) electrons. The fourth-order valence-corrected chi connectivity index (χ4v) is 3.03. The lowest BCUT2D eigenvalue weighted by molar-refractivity contribution is 0.0940. The fourth-order valence-electron chi connectivity index (χ4n) is 2.49. The molecule has 6 heteroatoms. The number of amides is 1. The van der Waals surface area contributed by atoms with Gasteiger partial charge in [-0.2, -0.15) is 0 Å². The molecule has 122 valence electrons. The Morgan fingerprint density at radius 1 is 1.25 bits per heavy atom. The number of halogens is 2. The molecule has 0 bridgehead atoms. The molecule has 0 aliphatic heterocycles. The van der Waals surface area contributed by atoms with E-state index in [0.29, 0.717) is 17.0 Å². The molecular formula is C18H15FIN3O. The van der Waals surface area contributed by atoms with E-state index in [1.165, 1.54) is 6.07 Å². The van der Waals surface area contributed by atoms with Crippen LogP contribution in [-0.2, 0) is 7.05 Å². The largest absolute Gasteiger partial charge is 0.338 e. The van der Waals surface area contributed by atoms with E-state index in [0.717, 1.165) is 3.57 Å². The van der Waals surface area contributed by atoms with Crippen LogP contribution in [-0.4, -0.2) is 15.5 Å². The summed E-state index contributed by atoms with van der Waals surface area (Å²) in [7, 11) is 1.81. The highest BCUT2D eigenvalue weighted by atomic mass is 127. The number of nitrogens with zero attached hydrogens (tertiary/aromatic N) is 2. The van der Waals surface area contributed by atoms with Gasteiger partial charge in [0.25, 0.3) is 5.91 Å². The van der Waals surface area contributed by atoms with Gasteiger partial charge in [0.15, 0.2) is 0 Å². The van der Waals surface area contributed by atoms with E-state index in [1.54, 1.807) is 47.3 Å². The van der Waals surface area contributed by atoms with Crippen molar-refractivity contribution in [3.8, 4) is 0 Å². The highest BCUT2D eigenvalue weighted by molar-refractivity contribution is 14.1. The second-order valence-corrected chi connectivity index (χ2v) is 6.58. The van der Waals surface area contributed by atoms with E-state index >= 15 is 0 Å². The molecule has 1 heterocycles. The monoisotopic (exact) mass is 435 g/mol. The molecule has 0 saturated heterocycles. The van der Waals surface area contributed by atoms with Gasteiger partial charge in [-0.1, -0.05) is 24.3 Å². The number of aromatic nitrogens is 2. The SMILES string of the molecule is Cn1ccnc1C(NC(=O)c1cccc(I)c1)c1ccccc1F. The summed E-state index contributed by atoms with van der Waals surface area (Å²) in [5.74, 6) is -0.0858. The molecular weight excluding hydrogens is 420 g/mol. The van der Waals surface area contributed by atoms with E-state index in [2.05, 4.69) is 32.9 Å². The van der Waals surface area contributed by atoms with Crippen molar-refractivity contribution >= 4 is 28.5 Å². The van der Waals surface area contributed by atoms with Crippen molar-refractivity contribution in [1.29, 1.82) is 0 Å². The Morgan fingerprint density at radius 3 is 2.71 bits per heavy atom. The molecule has 0 saturated carbocycles. The number of carbonyl (C=O) groups is 1. The van der Waals surface area contributed by atoms with Crippen molar-refractivity contribution in [3.05, 3.63) is 87.3 Å². The number of nitrogens with one attached hydrogen (secondary N) is 1. The first-order chi connectivity index (χ1) is 11.6. The van der Waals surface area contributed by atoms with Gasteiger partial charge in [-0.3, -0.25) is 4.79 Å². The molecule has 24 heavy (non-hydrogen) atoms. The first kappa shape index (κ1) is 16.6. The van der Waals surface area contributed by atoms with Gasteiger partial charge in [0.1, 0.15) is 17.7 Å². The maximum Gasteiger partial charge on any atom is 0.252 e. The minimum Gasteiger partial charge on any atom is -0.338 e. The van der Waals surface area contributed by atoms with Gasteiger partial charge in [-0.05, 0) is 46.9 Å². The number of imidazole rings is 1. The third-order valence-electron chi connectivity index (χ3n) is 3.70. The third kappa shape index (κ3) is 3.48. The first-order valence-electron chi connectivity index (χ1n) is 7.34. The summed E-state index contributed by atoms with van der Waals surface area (Å²) in [6.07, 6.45) is 3.39. The maximum atomic E-state index is 14.3. The number of hydrogen-bond donors (Lipinski definition) is 1. The molecule has 0 fully saturated rings. The zero-order chi connectivity index (χ0) is 17.1. The summed E-state index contributed by atoms with van der Waals surface area (Å²) in [5.41, 5.74) is 0.906. The fraction of sp³-hybridized carbons (Fsp3) is 0.111. The number of hydrogen-bond acceptors (Lipinski definition) is 2. The third-order valence-corrected chi connectivity index (χ3v) is 4.37. The summed E-state index contributed by atoms with van der Waals surface area (Å²) in [6.45, 7) is 0. The van der Waals surface area contributed by atoms with Crippen molar-refractivity contribution < 1.29 is 9.18 Å². The van der Waals surface area contributed by atoms with Crippen LogP contribution >= 0.6 is 22.6 Å². The Bertz CT molecular complexity index is 878. The Morgan fingerprint density at radius 2 is 2.04 bits per heavy atom. The Labute approximate surface area is 152 Å². The Balaban J connectivity index is 1.98. The van der Waals surface area contributed by atoms with E-state index in [1.807, 2.05) is 19.2 Å². The van der Waals surface area contributed by atoms with Gasteiger partial charge in [-0.25, -0.2) is 9.37 Å². The van der Waals surface area contributed by atoms with E-state index in [4.69, 9.17) is 0 Å². The van der Waals surface area contributed by atoms with E-state index in [9.17, 15) is 9.18 Å². The highest BCUT2D eigenvalue weighted by Crippen LogP contribution is 2.23.